The Kier molecular flexibility index (Phi) is 5.42. The highest BCUT2D eigenvalue weighted by Gasteiger charge is 2.35. The highest BCUT2D eigenvalue weighted by Crippen LogP contribution is 2.37. The molecule has 21 heavy (non-hydrogen) atoms. The van der Waals surface area contributed by atoms with Gasteiger partial charge in [0.05, 0.1) is 6.61 Å². The van der Waals surface area contributed by atoms with Crippen LogP contribution in [-0.2, 0) is 11.3 Å². The van der Waals surface area contributed by atoms with Crippen molar-refractivity contribution in [2.45, 2.75) is 39.8 Å². The molecular weight excluding hydrogens is 260 g/mol. The second kappa shape index (κ2) is 6.91. The predicted molar refractivity (Wildman–Crippen MR) is 88.1 cm³/mol. The summed E-state index contributed by atoms with van der Waals surface area (Å²) in [4.78, 5) is 2.56. The largest absolute Gasteiger partial charge is 0.380 e. The summed E-state index contributed by atoms with van der Waals surface area (Å²) in [6.07, 6.45) is 1.27. The van der Waals surface area contributed by atoms with Crippen molar-refractivity contribution in [3.8, 4) is 0 Å². The van der Waals surface area contributed by atoms with E-state index in [-0.39, 0.29) is 0 Å². The van der Waals surface area contributed by atoms with Gasteiger partial charge in [-0.15, -0.1) is 0 Å². The van der Waals surface area contributed by atoms with E-state index < -0.39 is 0 Å². The fourth-order valence-corrected chi connectivity index (χ4v) is 3.40. The Balaban J connectivity index is 2.18. The van der Waals surface area contributed by atoms with Gasteiger partial charge in [0.2, 0.25) is 0 Å². The second-order valence-electron chi connectivity index (χ2n) is 7.23. The first kappa shape index (κ1) is 16.5. The monoisotopic (exact) mass is 290 g/mol. The first-order chi connectivity index (χ1) is 9.97. The fraction of sp³-hybridized carbons (Fsp3) is 0.667. The summed E-state index contributed by atoms with van der Waals surface area (Å²) in [7, 11) is 1.75. The normalized spacial score (nSPS) is 21.7. The zero-order chi connectivity index (χ0) is 15.5. The maximum absolute atomic E-state index is 6.12. The van der Waals surface area contributed by atoms with Crippen molar-refractivity contribution in [2.24, 2.45) is 17.1 Å². The van der Waals surface area contributed by atoms with E-state index in [4.69, 9.17) is 10.5 Å². The van der Waals surface area contributed by atoms with Crippen LogP contribution in [0.4, 0.5) is 0 Å². The van der Waals surface area contributed by atoms with Gasteiger partial charge in [-0.2, -0.15) is 0 Å². The van der Waals surface area contributed by atoms with Crippen molar-refractivity contribution < 1.29 is 4.74 Å². The summed E-state index contributed by atoms with van der Waals surface area (Å²) in [5.74, 6) is 0.751. The van der Waals surface area contributed by atoms with E-state index in [0.717, 1.165) is 19.0 Å². The number of benzene rings is 1. The van der Waals surface area contributed by atoms with Gasteiger partial charge in [0.15, 0.2) is 0 Å². The Labute approximate surface area is 129 Å². The number of likely N-dealkylation sites (tertiary alicyclic amines) is 1. The quantitative estimate of drug-likeness (QED) is 0.905. The molecule has 2 N–H and O–H groups in total. The van der Waals surface area contributed by atoms with Gasteiger partial charge in [-0.1, -0.05) is 45.0 Å². The molecule has 1 saturated heterocycles. The summed E-state index contributed by atoms with van der Waals surface area (Å²) < 4.78 is 5.34. The van der Waals surface area contributed by atoms with E-state index in [9.17, 15) is 0 Å². The minimum atomic E-state index is 0.309. The van der Waals surface area contributed by atoms with E-state index in [2.05, 4.69) is 49.9 Å². The number of hydrogen-bond donors (Lipinski definition) is 1. The first-order valence-electron chi connectivity index (χ1n) is 7.98. The zero-order valence-corrected chi connectivity index (χ0v) is 13.9. The Morgan fingerprint density at radius 1 is 1.33 bits per heavy atom. The van der Waals surface area contributed by atoms with Crippen LogP contribution < -0.4 is 5.73 Å². The van der Waals surface area contributed by atoms with Crippen molar-refractivity contribution >= 4 is 0 Å². The van der Waals surface area contributed by atoms with E-state index >= 15 is 0 Å². The van der Waals surface area contributed by atoms with Crippen LogP contribution in [-0.4, -0.2) is 31.6 Å². The van der Waals surface area contributed by atoms with Gasteiger partial charge in [-0.3, -0.25) is 4.90 Å². The van der Waals surface area contributed by atoms with Gasteiger partial charge in [0.1, 0.15) is 0 Å². The molecule has 1 aliphatic rings. The van der Waals surface area contributed by atoms with Crippen molar-refractivity contribution in [3.63, 3.8) is 0 Å². The lowest BCUT2D eigenvalue weighted by Gasteiger charge is -2.31. The third kappa shape index (κ3) is 3.85. The Bertz CT molecular complexity index is 453. The van der Waals surface area contributed by atoms with E-state index in [1.807, 2.05) is 0 Å². The molecule has 2 rings (SSSR count). The van der Waals surface area contributed by atoms with Gasteiger partial charge in [0.25, 0.3) is 0 Å². The SMILES string of the molecule is COCc1ccccc1C(CN)N1CCC(C(C)(C)C)C1. The van der Waals surface area contributed by atoms with Crippen LogP contribution in [0.15, 0.2) is 24.3 Å². The molecule has 0 aromatic heterocycles. The molecule has 1 aromatic rings. The third-order valence-corrected chi connectivity index (χ3v) is 4.82. The first-order valence-corrected chi connectivity index (χ1v) is 7.98. The Morgan fingerprint density at radius 2 is 2.05 bits per heavy atom. The smallest absolute Gasteiger partial charge is 0.0716 e. The molecule has 0 spiro atoms. The highest BCUT2D eigenvalue weighted by molar-refractivity contribution is 5.30. The molecule has 0 bridgehead atoms. The predicted octanol–water partition coefficient (Wildman–Crippen LogP) is 3.20. The lowest BCUT2D eigenvalue weighted by molar-refractivity contribution is 0.176. The van der Waals surface area contributed by atoms with Crippen molar-refractivity contribution in [2.75, 3.05) is 26.7 Å². The molecule has 1 aromatic carbocycles. The summed E-state index contributed by atoms with van der Waals surface area (Å²) in [6.45, 7) is 10.6. The summed E-state index contributed by atoms with van der Waals surface area (Å²) in [5.41, 5.74) is 9.09. The zero-order valence-electron chi connectivity index (χ0n) is 13.9. The minimum absolute atomic E-state index is 0.309. The number of hydrogen-bond acceptors (Lipinski definition) is 3. The summed E-state index contributed by atoms with van der Waals surface area (Å²) in [6, 6.07) is 8.85. The molecule has 2 unspecified atom stereocenters. The van der Waals surface area contributed by atoms with E-state index in [1.54, 1.807) is 7.11 Å². The molecule has 3 nitrogen and oxygen atoms in total. The van der Waals surface area contributed by atoms with Crippen LogP contribution in [0.1, 0.15) is 44.4 Å². The maximum atomic E-state index is 6.12. The van der Waals surface area contributed by atoms with Crippen LogP contribution in [0, 0.1) is 11.3 Å². The second-order valence-corrected chi connectivity index (χ2v) is 7.23. The fourth-order valence-electron chi connectivity index (χ4n) is 3.40. The molecule has 1 heterocycles. The van der Waals surface area contributed by atoms with E-state index in [0.29, 0.717) is 24.6 Å². The maximum Gasteiger partial charge on any atom is 0.0716 e. The number of nitrogens with two attached hydrogens (primary N) is 1. The molecule has 0 radical (unpaired) electrons. The Hall–Kier alpha value is -0.900. The number of ether oxygens (including phenoxy) is 1. The van der Waals surface area contributed by atoms with Crippen LogP contribution >= 0.6 is 0 Å². The van der Waals surface area contributed by atoms with E-state index in [1.165, 1.54) is 17.5 Å². The standard InChI is InChI=1S/C18H30N2O/c1-18(2,3)15-9-10-20(12-15)17(11-19)16-8-6-5-7-14(16)13-21-4/h5-8,15,17H,9-13,19H2,1-4H3. The van der Waals surface area contributed by atoms with Gasteiger partial charge < -0.3 is 10.5 Å². The molecule has 0 aliphatic carbocycles. The number of rotatable bonds is 5. The number of nitrogens with zero attached hydrogens (tertiary/aromatic N) is 1. The van der Waals surface area contributed by atoms with Crippen molar-refractivity contribution in [1.29, 1.82) is 0 Å². The molecule has 3 heteroatoms. The molecular formula is C18H30N2O. The van der Waals surface area contributed by atoms with Crippen molar-refractivity contribution in [3.05, 3.63) is 35.4 Å². The van der Waals surface area contributed by atoms with Crippen LogP contribution in [0.3, 0.4) is 0 Å². The Morgan fingerprint density at radius 3 is 2.62 bits per heavy atom. The third-order valence-electron chi connectivity index (χ3n) is 4.82. The summed E-state index contributed by atoms with van der Waals surface area (Å²) in [5, 5.41) is 0. The van der Waals surface area contributed by atoms with Crippen molar-refractivity contribution in [1.82, 2.24) is 4.90 Å². The number of methoxy groups -OCH3 is 1. The lowest BCUT2D eigenvalue weighted by atomic mass is 9.80. The molecule has 1 fully saturated rings. The minimum Gasteiger partial charge on any atom is -0.380 e. The lowest BCUT2D eigenvalue weighted by Crippen LogP contribution is -2.34. The molecule has 0 amide bonds. The molecule has 0 saturated carbocycles. The molecule has 118 valence electrons. The van der Waals surface area contributed by atoms with Gasteiger partial charge in [-0.05, 0) is 35.4 Å². The van der Waals surface area contributed by atoms with Gasteiger partial charge >= 0.3 is 0 Å². The average molecular weight is 290 g/mol. The molecule has 1 aliphatic heterocycles. The topological polar surface area (TPSA) is 38.5 Å². The van der Waals surface area contributed by atoms with Gasteiger partial charge in [-0.25, -0.2) is 0 Å². The summed E-state index contributed by atoms with van der Waals surface area (Å²) >= 11 is 0. The average Bonchev–Trinajstić information content (AvgIpc) is 2.91. The molecule has 2 atom stereocenters. The van der Waals surface area contributed by atoms with Crippen LogP contribution in [0.2, 0.25) is 0 Å². The van der Waals surface area contributed by atoms with Gasteiger partial charge in [0, 0.05) is 26.2 Å². The van der Waals surface area contributed by atoms with Crippen LogP contribution in [0.25, 0.3) is 0 Å². The van der Waals surface area contributed by atoms with Crippen LogP contribution in [0.5, 0.6) is 0 Å². The highest BCUT2D eigenvalue weighted by atomic mass is 16.5.